The first-order valence-corrected chi connectivity index (χ1v) is 8.16. The highest BCUT2D eigenvalue weighted by Gasteiger charge is 2.33. The van der Waals surface area contributed by atoms with E-state index < -0.39 is 11.9 Å². The molecule has 132 valence electrons. The fourth-order valence-electron chi connectivity index (χ4n) is 3.24. The lowest BCUT2D eigenvalue weighted by Gasteiger charge is -2.09. The Kier molecular flexibility index (Phi) is 6.00. The minimum Gasteiger partial charge on any atom is -0.465 e. The van der Waals surface area contributed by atoms with E-state index in [1.165, 1.54) is 21.1 Å². The van der Waals surface area contributed by atoms with Gasteiger partial charge >= 0.3 is 11.9 Å². The van der Waals surface area contributed by atoms with Crippen molar-refractivity contribution in [1.82, 2.24) is 9.88 Å². The first-order valence-electron chi connectivity index (χ1n) is 8.16. The third kappa shape index (κ3) is 3.60. The smallest absolute Gasteiger partial charge is 0.340 e. The average Bonchev–Trinajstić information content (AvgIpc) is 3.13. The Labute approximate surface area is 141 Å². The van der Waals surface area contributed by atoms with Gasteiger partial charge in [-0.1, -0.05) is 0 Å². The Bertz CT molecular complexity index is 648. The Balaban J connectivity index is 2.27. The van der Waals surface area contributed by atoms with Crippen LogP contribution in [0.25, 0.3) is 0 Å². The van der Waals surface area contributed by atoms with Crippen LogP contribution in [0.1, 0.15) is 58.3 Å². The molecule has 0 saturated heterocycles. The molecule has 0 unspecified atom stereocenters. The van der Waals surface area contributed by atoms with Crippen LogP contribution in [0, 0.1) is 0 Å². The molecule has 0 bridgehead atoms. The average molecular weight is 336 g/mol. The van der Waals surface area contributed by atoms with Crippen molar-refractivity contribution in [3.8, 4) is 0 Å². The molecule has 0 atom stereocenters. The summed E-state index contributed by atoms with van der Waals surface area (Å²) in [7, 11) is 2.63. The summed E-state index contributed by atoms with van der Waals surface area (Å²) in [5.74, 6) is -1.05. The van der Waals surface area contributed by atoms with Crippen LogP contribution in [0.5, 0.6) is 0 Å². The molecule has 0 radical (unpaired) electrons. The van der Waals surface area contributed by atoms with Crippen LogP contribution in [-0.2, 0) is 33.7 Å². The van der Waals surface area contributed by atoms with E-state index in [9.17, 15) is 14.4 Å². The number of nitrogens with zero attached hydrogens (tertiary/aromatic N) is 1. The first-order chi connectivity index (χ1) is 11.5. The van der Waals surface area contributed by atoms with Gasteiger partial charge < -0.3 is 19.4 Å². The maximum absolute atomic E-state index is 12.3. The molecule has 0 fully saturated rings. The maximum Gasteiger partial charge on any atom is 0.340 e. The molecule has 1 amide bonds. The number of hydrogen-bond donors (Lipinski definition) is 1. The number of carbonyl (C=O) groups is 3. The van der Waals surface area contributed by atoms with E-state index in [4.69, 9.17) is 9.47 Å². The van der Waals surface area contributed by atoms with Crippen LogP contribution < -0.4 is 5.32 Å². The van der Waals surface area contributed by atoms with Gasteiger partial charge in [-0.2, -0.15) is 0 Å². The minimum atomic E-state index is -0.505. The number of hydrogen-bond acceptors (Lipinski definition) is 5. The van der Waals surface area contributed by atoms with Gasteiger partial charge in [-0.15, -0.1) is 0 Å². The number of fused-ring (bicyclic) bond motifs is 1. The molecule has 0 aliphatic carbocycles. The summed E-state index contributed by atoms with van der Waals surface area (Å²) in [6, 6.07) is 0. The number of carbonyl (C=O) groups excluding carboxylic acids is 3. The first kappa shape index (κ1) is 18.0. The summed E-state index contributed by atoms with van der Waals surface area (Å²) in [5.41, 5.74) is 2.37. The van der Waals surface area contributed by atoms with E-state index in [0.29, 0.717) is 24.1 Å². The van der Waals surface area contributed by atoms with Crippen LogP contribution in [0.15, 0.2) is 0 Å². The summed E-state index contributed by atoms with van der Waals surface area (Å²) >= 11 is 0. The number of rotatable bonds is 7. The van der Waals surface area contributed by atoms with Gasteiger partial charge in [0.1, 0.15) is 0 Å². The Morgan fingerprint density at radius 1 is 1.08 bits per heavy atom. The highest BCUT2D eigenvalue weighted by molar-refractivity contribution is 6.05. The zero-order chi connectivity index (χ0) is 17.7. The lowest BCUT2D eigenvalue weighted by molar-refractivity contribution is -0.118. The number of aromatic nitrogens is 1. The zero-order valence-electron chi connectivity index (χ0n) is 14.4. The molecule has 0 saturated carbocycles. The van der Waals surface area contributed by atoms with Crippen molar-refractivity contribution in [2.45, 2.75) is 45.6 Å². The quantitative estimate of drug-likeness (QED) is 0.602. The predicted octanol–water partition coefficient (Wildman–Crippen LogP) is 1.47. The van der Waals surface area contributed by atoms with E-state index in [1.807, 2.05) is 0 Å². The van der Waals surface area contributed by atoms with Crippen molar-refractivity contribution in [3.63, 3.8) is 0 Å². The van der Waals surface area contributed by atoms with Crippen LogP contribution >= 0.6 is 0 Å². The third-order valence-electron chi connectivity index (χ3n) is 4.27. The van der Waals surface area contributed by atoms with Crippen molar-refractivity contribution < 1.29 is 23.9 Å². The van der Waals surface area contributed by atoms with Gasteiger partial charge in [0, 0.05) is 31.4 Å². The molecule has 2 rings (SSSR count). The SMILES string of the molecule is COC(=O)c1c(C(=O)OC)c2n(c1CCCCNC(C)=O)CCC2. The highest BCUT2D eigenvalue weighted by Crippen LogP contribution is 2.31. The fraction of sp³-hybridized carbons (Fsp3) is 0.588. The lowest BCUT2D eigenvalue weighted by atomic mass is 10.0. The number of methoxy groups -OCH3 is 2. The highest BCUT2D eigenvalue weighted by atomic mass is 16.5. The van der Waals surface area contributed by atoms with E-state index in [-0.39, 0.29) is 5.91 Å². The number of nitrogens with one attached hydrogen (secondary N) is 1. The topological polar surface area (TPSA) is 86.6 Å². The molecule has 24 heavy (non-hydrogen) atoms. The molecule has 1 aliphatic rings. The molecular weight excluding hydrogens is 312 g/mol. The molecule has 1 aromatic heterocycles. The van der Waals surface area contributed by atoms with E-state index in [2.05, 4.69) is 9.88 Å². The molecule has 2 heterocycles. The summed E-state index contributed by atoms with van der Waals surface area (Å²) in [6.45, 7) is 2.87. The Morgan fingerprint density at radius 3 is 2.38 bits per heavy atom. The normalized spacial score (nSPS) is 12.6. The molecule has 0 aromatic carbocycles. The summed E-state index contributed by atoms with van der Waals surface area (Å²) in [5, 5.41) is 2.75. The second-order valence-electron chi connectivity index (χ2n) is 5.82. The van der Waals surface area contributed by atoms with Gasteiger partial charge in [-0.25, -0.2) is 9.59 Å². The molecule has 1 aliphatic heterocycles. The van der Waals surface area contributed by atoms with Gasteiger partial charge in [-0.3, -0.25) is 4.79 Å². The van der Waals surface area contributed by atoms with Crippen LogP contribution in [0.3, 0.4) is 0 Å². The zero-order valence-corrected chi connectivity index (χ0v) is 14.4. The number of amides is 1. The van der Waals surface area contributed by atoms with Crippen molar-refractivity contribution in [3.05, 3.63) is 22.5 Å². The predicted molar refractivity (Wildman–Crippen MR) is 87.1 cm³/mol. The van der Waals surface area contributed by atoms with Crippen molar-refractivity contribution in [2.75, 3.05) is 20.8 Å². The second-order valence-corrected chi connectivity index (χ2v) is 5.82. The summed E-state index contributed by atoms with van der Waals surface area (Å²) in [6.07, 6.45) is 3.94. The fourth-order valence-corrected chi connectivity index (χ4v) is 3.24. The maximum atomic E-state index is 12.3. The molecule has 7 heteroatoms. The molecule has 1 aromatic rings. The van der Waals surface area contributed by atoms with Gasteiger partial charge in [0.2, 0.25) is 5.91 Å². The van der Waals surface area contributed by atoms with Gasteiger partial charge in [0.15, 0.2) is 0 Å². The number of esters is 2. The Morgan fingerprint density at radius 2 is 1.75 bits per heavy atom. The lowest BCUT2D eigenvalue weighted by Crippen LogP contribution is -2.21. The number of ether oxygens (including phenoxy) is 2. The van der Waals surface area contributed by atoms with Gasteiger partial charge in [0.25, 0.3) is 0 Å². The molecule has 1 N–H and O–H groups in total. The van der Waals surface area contributed by atoms with Gasteiger partial charge in [0.05, 0.1) is 25.3 Å². The van der Waals surface area contributed by atoms with Crippen LogP contribution in [0.4, 0.5) is 0 Å². The number of unbranched alkanes of at least 4 members (excludes halogenated alkanes) is 1. The van der Waals surface area contributed by atoms with E-state index in [0.717, 1.165) is 43.6 Å². The third-order valence-corrected chi connectivity index (χ3v) is 4.27. The largest absolute Gasteiger partial charge is 0.465 e. The van der Waals surface area contributed by atoms with Crippen LogP contribution in [-0.4, -0.2) is 43.2 Å². The molecule has 7 nitrogen and oxygen atoms in total. The Hall–Kier alpha value is -2.31. The van der Waals surface area contributed by atoms with Gasteiger partial charge in [-0.05, 0) is 32.1 Å². The van der Waals surface area contributed by atoms with E-state index >= 15 is 0 Å². The van der Waals surface area contributed by atoms with Crippen molar-refractivity contribution in [1.29, 1.82) is 0 Å². The minimum absolute atomic E-state index is 0.0539. The van der Waals surface area contributed by atoms with Crippen molar-refractivity contribution in [2.24, 2.45) is 0 Å². The second kappa shape index (κ2) is 7.99. The summed E-state index contributed by atoms with van der Waals surface area (Å²) in [4.78, 5) is 35.3. The molecular formula is C17H24N2O5. The van der Waals surface area contributed by atoms with Crippen LogP contribution in [0.2, 0.25) is 0 Å². The molecule has 0 spiro atoms. The summed E-state index contributed by atoms with van der Waals surface area (Å²) < 4.78 is 11.8. The monoisotopic (exact) mass is 336 g/mol. The standard InChI is InChI=1S/C17H24N2O5/c1-11(20)18-9-5-4-7-12-14(16(21)23-2)15(17(22)24-3)13-8-6-10-19(12)13/h4-10H2,1-3H3,(H,18,20). The van der Waals surface area contributed by atoms with Crippen molar-refractivity contribution >= 4 is 17.8 Å². The van der Waals surface area contributed by atoms with E-state index in [1.54, 1.807) is 0 Å².